The van der Waals surface area contributed by atoms with Gasteiger partial charge in [-0.25, -0.2) is 0 Å². The average molecular weight is 308 g/mol. The van der Waals surface area contributed by atoms with Crippen molar-refractivity contribution < 1.29 is 9.47 Å². The maximum Gasteiger partial charge on any atom is 0.147 e. The molecule has 16 heavy (non-hydrogen) atoms. The first-order chi connectivity index (χ1) is 7.69. The van der Waals surface area contributed by atoms with Gasteiger partial charge in [-0.05, 0) is 37.1 Å². The first-order valence-corrected chi connectivity index (χ1v) is 6.50. The molecule has 4 heteroatoms. The zero-order valence-electron chi connectivity index (χ0n) is 9.50. The van der Waals surface area contributed by atoms with Gasteiger partial charge in [0.1, 0.15) is 6.79 Å². The van der Waals surface area contributed by atoms with Crippen LogP contribution in [-0.2, 0) is 9.47 Å². The summed E-state index contributed by atoms with van der Waals surface area (Å²) >= 11 is 9.47. The van der Waals surface area contributed by atoms with Gasteiger partial charge in [0.25, 0.3) is 0 Å². The third kappa shape index (κ3) is 4.06. The highest BCUT2D eigenvalue weighted by Crippen LogP contribution is 2.30. The zero-order valence-corrected chi connectivity index (χ0v) is 11.8. The van der Waals surface area contributed by atoms with Crippen LogP contribution in [0.2, 0.25) is 5.02 Å². The minimum absolute atomic E-state index is 0.0135. The average Bonchev–Trinajstić information content (AvgIpc) is 2.28. The number of hydrogen-bond acceptors (Lipinski definition) is 2. The van der Waals surface area contributed by atoms with E-state index in [4.69, 9.17) is 21.1 Å². The van der Waals surface area contributed by atoms with E-state index < -0.39 is 0 Å². The first kappa shape index (κ1) is 14.0. The van der Waals surface area contributed by atoms with Crippen molar-refractivity contribution in [3.05, 3.63) is 33.3 Å². The Labute approximate surface area is 110 Å². The second-order valence-electron chi connectivity index (χ2n) is 3.34. The molecule has 0 amide bonds. The molecule has 1 unspecified atom stereocenters. The summed E-state index contributed by atoms with van der Waals surface area (Å²) in [7, 11) is 0. The summed E-state index contributed by atoms with van der Waals surface area (Å²) < 4.78 is 11.8. The Bertz CT molecular complexity index is 331. The molecule has 0 aliphatic carbocycles. The SMILES string of the molecule is CCOCOC(CC)c1cc(Cl)ccc1Br. The van der Waals surface area contributed by atoms with Gasteiger partial charge in [-0.2, -0.15) is 0 Å². The summed E-state index contributed by atoms with van der Waals surface area (Å²) in [5.74, 6) is 0. The molecule has 0 fully saturated rings. The zero-order chi connectivity index (χ0) is 12.0. The van der Waals surface area contributed by atoms with Crippen molar-refractivity contribution in [3.63, 3.8) is 0 Å². The highest BCUT2D eigenvalue weighted by atomic mass is 79.9. The second-order valence-corrected chi connectivity index (χ2v) is 4.63. The second kappa shape index (κ2) is 7.28. The van der Waals surface area contributed by atoms with Crippen LogP contribution in [0.3, 0.4) is 0 Å². The Balaban J connectivity index is 2.73. The Morgan fingerprint density at radius 2 is 2.12 bits per heavy atom. The molecule has 0 saturated carbocycles. The molecule has 0 bridgehead atoms. The Morgan fingerprint density at radius 1 is 1.38 bits per heavy atom. The van der Waals surface area contributed by atoms with E-state index in [-0.39, 0.29) is 6.10 Å². The van der Waals surface area contributed by atoms with Gasteiger partial charge in [0.2, 0.25) is 0 Å². The molecule has 2 nitrogen and oxygen atoms in total. The maximum absolute atomic E-state index is 5.97. The lowest BCUT2D eigenvalue weighted by Crippen LogP contribution is -2.07. The van der Waals surface area contributed by atoms with Crippen molar-refractivity contribution in [2.45, 2.75) is 26.4 Å². The molecule has 0 heterocycles. The van der Waals surface area contributed by atoms with Crippen molar-refractivity contribution in [3.8, 4) is 0 Å². The van der Waals surface area contributed by atoms with E-state index in [1.807, 2.05) is 25.1 Å². The molecule has 1 rings (SSSR count). The first-order valence-electron chi connectivity index (χ1n) is 5.33. The van der Waals surface area contributed by atoms with Gasteiger partial charge in [-0.3, -0.25) is 0 Å². The summed E-state index contributed by atoms with van der Waals surface area (Å²) in [6.45, 7) is 4.99. The lowest BCUT2D eigenvalue weighted by Gasteiger charge is -2.18. The lowest BCUT2D eigenvalue weighted by molar-refractivity contribution is -0.0888. The summed E-state index contributed by atoms with van der Waals surface area (Å²) in [6.07, 6.45) is 0.895. The number of halogens is 2. The standard InChI is InChI=1S/C12H16BrClO2/c1-3-12(16-8-15-4-2)10-7-9(14)5-6-11(10)13/h5-7,12H,3-4,8H2,1-2H3. The summed E-state index contributed by atoms with van der Waals surface area (Å²) in [5, 5.41) is 0.719. The molecule has 1 aromatic rings. The van der Waals surface area contributed by atoms with Crippen LogP contribution in [0.4, 0.5) is 0 Å². The molecule has 0 aromatic heterocycles. The largest absolute Gasteiger partial charge is 0.356 e. The smallest absolute Gasteiger partial charge is 0.147 e. The minimum Gasteiger partial charge on any atom is -0.356 e. The molecule has 1 aromatic carbocycles. The summed E-state index contributed by atoms with van der Waals surface area (Å²) in [4.78, 5) is 0. The minimum atomic E-state index is 0.0135. The number of rotatable bonds is 6. The number of hydrogen-bond donors (Lipinski definition) is 0. The molecule has 0 spiro atoms. The Hall–Kier alpha value is -0.0900. The lowest BCUT2D eigenvalue weighted by atomic mass is 10.1. The van der Waals surface area contributed by atoms with Gasteiger partial charge >= 0.3 is 0 Å². The Morgan fingerprint density at radius 3 is 2.75 bits per heavy atom. The van der Waals surface area contributed by atoms with E-state index in [0.717, 1.165) is 21.5 Å². The van der Waals surface area contributed by atoms with E-state index >= 15 is 0 Å². The van der Waals surface area contributed by atoms with E-state index in [2.05, 4.69) is 22.9 Å². The predicted molar refractivity (Wildman–Crippen MR) is 69.8 cm³/mol. The summed E-state index contributed by atoms with van der Waals surface area (Å²) in [5.41, 5.74) is 1.06. The van der Waals surface area contributed by atoms with Crippen LogP contribution in [0.25, 0.3) is 0 Å². The fraction of sp³-hybridized carbons (Fsp3) is 0.500. The third-order valence-electron chi connectivity index (χ3n) is 2.23. The highest BCUT2D eigenvalue weighted by Gasteiger charge is 2.13. The molecule has 0 N–H and O–H groups in total. The van der Waals surface area contributed by atoms with Crippen LogP contribution in [0, 0.1) is 0 Å². The van der Waals surface area contributed by atoms with Gasteiger partial charge in [-0.15, -0.1) is 0 Å². The number of ether oxygens (including phenoxy) is 2. The fourth-order valence-corrected chi connectivity index (χ4v) is 2.08. The topological polar surface area (TPSA) is 18.5 Å². The predicted octanol–water partition coefficient (Wildman–Crippen LogP) is 4.56. The van der Waals surface area contributed by atoms with Crippen molar-refractivity contribution >= 4 is 27.5 Å². The molecule has 90 valence electrons. The van der Waals surface area contributed by atoms with Gasteiger partial charge < -0.3 is 9.47 Å². The summed E-state index contributed by atoms with van der Waals surface area (Å²) in [6, 6.07) is 5.71. The Kier molecular flexibility index (Phi) is 6.36. The van der Waals surface area contributed by atoms with Gasteiger partial charge in [0, 0.05) is 16.1 Å². The van der Waals surface area contributed by atoms with Crippen molar-refractivity contribution in [2.75, 3.05) is 13.4 Å². The third-order valence-corrected chi connectivity index (χ3v) is 3.19. The molecule has 0 saturated heterocycles. The van der Waals surface area contributed by atoms with Crippen LogP contribution in [-0.4, -0.2) is 13.4 Å². The van der Waals surface area contributed by atoms with E-state index in [1.54, 1.807) is 0 Å². The van der Waals surface area contributed by atoms with Crippen LogP contribution in [0.5, 0.6) is 0 Å². The van der Waals surface area contributed by atoms with Gasteiger partial charge in [0.05, 0.1) is 6.10 Å². The molecule has 0 aliphatic heterocycles. The van der Waals surface area contributed by atoms with Gasteiger partial charge in [0.15, 0.2) is 0 Å². The van der Waals surface area contributed by atoms with Crippen molar-refractivity contribution in [1.82, 2.24) is 0 Å². The van der Waals surface area contributed by atoms with Crippen molar-refractivity contribution in [2.24, 2.45) is 0 Å². The highest BCUT2D eigenvalue weighted by molar-refractivity contribution is 9.10. The van der Waals surface area contributed by atoms with Crippen LogP contribution < -0.4 is 0 Å². The molecular formula is C12H16BrClO2. The van der Waals surface area contributed by atoms with Crippen molar-refractivity contribution in [1.29, 1.82) is 0 Å². The fourth-order valence-electron chi connectivity index (χ4n) is 1.40. The monoisotopic (exact) mass is 306 g/mol. The maximum atomic E-state index is 5.97. The van der Waals surface area contributed by atoms with Gasteiger partial charge in [-0.1, -0.05) is 34.5 Å². The van der Waals surface area contributed by atoms with E-state index in [1.165, 1.54) is 0 Å². The van der Waals surface area contributed by atoms with Crippen LogP contribution in [0.1, 0.15) is 31.9 Å². The van der Waals surface area contributed by atoms with Crippen LogP contribution >= 0.6 is 27.5 Å². The quantitative estimate of drug-likeness (QED) is 0.566. The normalized spacial score (nSPS) is 12.8. The molecule has 1 atom stereocenters. The molecular weight excluding hydrogens is 291 g/mol. The van der Waals surface area contributed by atoms with Crippen LogP contribution in [0.15, 0.2) is 22.7 Å². The number of benzene rings is 1. The molecule has 0 aliphatic rings. The molecule has 0 radical (unpaired) electrons. The van der Waals surface area contributed by atoms with E-state index in [9.17, 15) is 0 Å². The van der Waals surface area contributed by atoms with E-state index in [0.29, 0.717) is 13.4 Å².